The van der Waals surface area contributed by atoms with Crippen LogP contribution in [-0.2, 0) is 16.1 Å². The second kappa shape index (κ2) is 3.97. The Labute approximate surface area is 96.4 Å². The number of benzene rings is 1. The van der Waals surface area contributed by atoms with Crippen LogP contribution < -0.4 is 0 Å². The molecule has 5 nitrogen and oxygen atoms in total. The van der Waals surface area contributed by atoms with E-state index in [0.29, 0.717) is 5.56 Å². The third-order valence-corrected chi connectivity index (χ3v) is 2.48. The average molecular weight is 236 g/mol. The highest BCUT2D eigenvalue weighted by Crippen LogP contribution is 2.14. The van der Waals surface area contributed by atoms with Crippen LogP contribution in [0, 0.1) is 5.82 Å². The van der Waals surface area contributed by atoms with Gasteiger partial charge in [0.05, 0.1) is 6.54 Å². The van der Waals surface area contributed by atoms with E-state index < -0.39 is 23.7 Å². The second-order valence-corrected chi connectivity index (χ2v) is 3.67. The van der Waals surface area contributed by atoms with Gasteiger partial charge in [-0.25, -0.2) is 9.18 Å². The zero-order chi connectivity index (χ0) is 12.6. The van der Waals surface area contributed by atoms with Gasteiger partial charge in [-0.1, -0.05) is 12.1 Å². The highest BCUT2D eigenvalue weighted by Gasteiger charge is 2.41. The second-order valence-electron chi connectivity index (χ2n) is 3.67. The van der Waals surface area contributed by atoms with Crippen molar-refractivity contribution in [2.45, 2.75) is 6.54 Å². The van der Waals surface area contributed by atoms with Crippen LogP contribution in [0.3, 0.4) is 0 Å². The van der Waals surface area contributed by atoms with E-state index in [1.54, 1.807) is 6.07 Å². The van der Waals surface area contributed by atoms with Gasteiger partial charge >= 0.3 is 17.8 Å². The molecule has 0 N–H and O–H groups in total. The van der Waals surface area contributed by atoms with Crippen LogP contribution in [0.4, 0.5) is 9.18 Å². The first-order chi connectivity index (χ1) is 8.00. The molecule has 1 aromatic rings. The summed E-state index contributed by atoms with van der Waals surface area (Å²) in [5.74, 6) is -2.21. The predicted molar refractivity (Wildman–Crippen MR) is 55.1 cm³/mol. The molecule has 1 fully saturated rings. The summed E-state index contributed by atoms with van der Waals surface area (Å²) in [4.78, 5) is 35.7. The minimum absolute atomic E-state index is 0.106. The van der Waals surface area contributed by atoms with Crippen LogP contribution in [0.5, 0.6) is 0 Å². The first-order valence-electron chi connectivity index (χ1n) is 4.88. The predicted octanol–water partition coefficient (Wildman–Crippen LogP) is 0.746. The van der Waals surface area contributed by atoms with Crippen molar-refractivity contribution in [3.8, 4) is 0 Å². The highest BCUT2D eigenvalue weighted by molar-refractivity contribution is 6.44. The van der Waals surface area contributed by atoms with Crippen molar-refractivity contribution >= 4 is 17.8 Å². The number of imide groups is 2. The number of rotatable bonds is 2. The minimum Gasteiger partial charge on any atom is -0.263 e. The molecule has 1 aliphatic heterocycles. The SMILES string of the molecule is CN1C(=O)C(=O)N(Cc2cccc(F)c2)C1=O. The lowest BCUT2D eigenvalue weighted by molar-refractivity contribution is -0.143. The molecule has 6 heteroatoms. The number of hydrogen-bond acceptors (Lipinski definition) is 3. The number of nitrogens with zero attached hydrogens (tertiary/aromatic N) is 2. The van der Waals surface area contributed by atoms with Gasteiger partial charge in [0.15, 0.2) is 0 Å². The van der Waals surface area contributed by atoms with Gasteiger partial charge in [0.2, 0.25) is 0 Å². The molecule has 0 aromatic heterocycles. The van der Waals surface area contributed by atoms with Gasteiger partial charge in [-0.2, -0.15) is 0 Å². The molecular formula is C11H9FN2O3. The van der Waals surface area contributed by atoms with Crippen LogP contribution in [0.1, 0.15) is 5.56 Å². The summed E-state index contributed by atoms with van der Waals surface area (Å²) < 4.78 is 12.9. The van der Waals surface area contributed by atoms with E-state index in [1.807, 2.05) is 0 Å². The number of likely N-dealkylation sites (N-methyl/N-ethyl adjacent to an activating group) is 1. The smallest absolute Gasteiger partial charge is 0.263 e. The van der Waals surface area contributed by atoms with E-state index in [2.05, 4.69) is 0 Å². The van der Waals surface area contributed by atoms with E-state index in [1.165, 1.54) is 25.2 Å². The molecule has 0 atom stereocenters. The quantitative estimate of drug-likeness (QED) is 0.562. The van der Waals surface area contributed by atoms with Crippen molar-refractivity contribution in [3.05, 3.63) is 35.6 Å². The van der Waals surface area contributed by atoms with Crippen molar-refractivity contribution in [1.29, 1.82) is 0 Å². The Morgan fingerprint density at radius 2 is 1.88 bits per heavy atom. The van der Waals surface area contributed by atoms with Gasteiger partial charge in [0.1, 0.15) is 5.82 Å². The first kappa shape index (κ1) is 11.3. The molecule has 1 saturated heterocycles. The number of carbonyl (C=O) groups is 3. The molecular weight excluding hydrogens is 227 g/mol. The Morgan fingerprint density at radius 1 is 1.18 bits per heavy atom. The Bertz CT molecular complexity index is 515. The first-order valence-corrected chi connectivity index (χ1v) is 4.88. The van der Waals surface area contributed by atoms with Crippen LogP contribution in [0.2, 0.25) is 0 Å². The molecule has 17 heavy (non-hydrogen) atoms. The summed E-state index contributed by atoms with van der Waals surface area (Å²) in [5, 5.41) is 0. The van der Waals surface area contributed by atoms with Crippen molar-refractivity contribution in [3.63, 3.8) is 0 Å². The highest BCUT2D eigenvalue weighted by atomic mass is 19.1. The standard InChI is InChI=1S/C11H9FN2O3/c1-13-9(15)10(16)14(11(13)17)6-7-3-2-4-8(12)5-7/h2-5H,6H2,1H3. The van der Waals surface area contributed by atoms with Crippen LogP contribution in [0.25, 0.3) is 0 Å². The fraction of sp³-hybridized carbons (Fsp3) is 0.182. The Balaban J connectivity index is 2.23. The monoisotopic (exact) mass is 236 g/mol. The molecule has 0 saturated carbocycles. The number of urea groups is 1. The molecule has 1 aliphatic rings. The maximum atomic E-state index is 12.9. The Kier molecular flexibility index (Phi) is 2.63. The van der Waals surface area contributed by atoms with Crippen LogP contribution in [-0.4, -0.2) is 34.7 Å². The molecule has 1 aromatic carbocycles. The molecule has 0 spiro atoms. The third kappa shape index (κ3) is 1.89. The van der Waals surface area contributed by atoms with Gasteiger partial charge in [0.25, 0.3) is 0 Å². The molecule has 0 radical (unpaired) electrons. The number of amides is 4. The number of carbonyl (C=O) groups excluding carboxylic acids is 3. The normalized spacial score (nSPS) is 16.0. The lowest BCUT2D eigenvalue weighted by Crippen LogP contribution is -2.31. The van der Waals surface area contributed by atoms with E-state index >= 15 is 0 Å². The van der Waals surface area contributed by atoms with Crippen LogP contribution >= 0.6 is 0 Å². The summed E-state index contributed by atoms with van der Waals surface area (Å²) >= 11 is 0. The molecule has 1 heterocycles. The molecule has 0 aliphatic carbocycles. The number of halogens is 1. The zero-order valence-corrected chi connectivity index (χ0v) is 9.01. The zero-order valence-electron chi connectivity index (χ0n) is 9.01. The van der Waals surface area contributed by atoms with E-state index in [-0.39, 0.29) is 6.54 Å². The minimum atomic E-state index is -0.887. The van der Waals surface area contributed by atoms with Gasteiger partial charge in [-0.05, 0) is 17.7 Å². The molecule has 2 rings (SSSR count). The van der Waals surface area contributed by atoms with E-state index in [4.69, 9.17) is 0 Å². The summed E-state index contributed by atoms with van der Waals surface area (Å²) in [6.07, 6.45) is 0. The lowest BCUT2D eigenvalue weighted by atomic mass is 10.2. The lowest BCUT2D eigenvalue weighted by Gasteiger charge is -2.12. The van der Waals surface area contributed by atoms with E-state index in [9.17, 15) is 18.8 Å². The molecule has 88 valence electrons. The van der Waals surface area contributed by atoms with Crippen molar-refractivity contribution in [2.24, 2.45) is 0 Å². The average Bonchev–Trinajstić information content (AvgIpc) is 2.47. The summed E-state index contributed by atoms with van der Waals surface area (Å²) in [6, 6.07) is 4.83. The summed E-state index contributed by atoms with van der Waals surface area (Å²) in [5.41, 5.74) is 0.454. The maximum absolute atomic E-state index is 12.9. The third-order valence-electron chi connectivity index (χ3n) is 2.48. The van der Waals surface area contributed by atoms with Crippen molar-refractivity contribution in [1.82, 2.24) is 9.80 Å². The van der Waals surface area contributed by atoms with E-state index in [0.717, 1.165) is 9.80 Å². The van der Waals surface area contributed by atoms with Gasteiger partial charge < -0.3 is 0 Å². The molecule has 4 amide bonds. The van der Waals surface area contributed by atoms with Crippen molar-refractivity contribution in [2.75, 3.05) is 7.05 Å². The molecule has 0 unspecified atom stereocenters. The van der Waals surface area contributed by atoms with Gasteiger partial charge in [-0.15, -0.1) is 0 Å². The van der Waals surface area contributed by atoms with Crippen LogP contribution in [0.15, 0.2) is 24.3 Å². The topological polar surface area (TPSA) is 57.7 Å². The number of hydrogen-bond donors (Lipinski definition) is 0. The molecule has 0 bridgehead atoms. The summed E-state index contributed by atoms with van der Waals surface area (Å²) in [6.45, 7) is -0.106. The van der Waals surface area contributed by atoms with Gasteiger partial charge in [0, 0.05) is 7.05 Å². The Morgan fingerprint density at radius 3 is 2.41 bits per heavy atom. The fourth-order valence-corrected chi connectivity index (χ4v) is 1.57. The maximum Gasteiger partial charge on any atom is 0.334 e. The largest absolute Gasteiger partial charge is 0.334 e. The Hall–Kier alpha value is -2.24. The fourth-order valence-electron chi connectivity index (χ4n) is 1.57. The van der Waals surface area contributed by atoms with Gasteiger partial charge in [-0.3, -0.25) is 19.4 Å². The van der Waals surface area contributed by atoms with Crippen molar-refractivity contribution < 1.29 is 18.8 Å². The summed E-state index contributed by atoms with van der Waals surface area (Å²) in [7, 11) is 1.23.